The number of aryl methyl sites for hydroxylation is 4. The van der Waals surface area contributed by atoms with E-state index in [9.17, 15) is 9.59 Å². The molecule has 4 rings (SSSR count). The number of carbonyl (C=O) groups is 2. The predicted octanol–water partition coefficient (Wildman–Crippen LogP) is 3.41. The van der Waals surface area contributed by atoms with Crippen LogP contribution in [0.3, 0.4) is 0 Å². The maximum absolute atomic E-state index is 12.7. The Kier molecular flexibility index (Phi) is 6.54. The average molecular weight is 472 g/mol. The Balaban J connectivity index is 1.43. The minimum Gasteiger partial charge on any atom is -0.378 e. The van der Waals surface area contributed by atoms with E-state index in [-0.39, 0.29) is 11.8 Å². The van der Waals surface area contributed by atoms with Crippen molar-refractivity contribution < 1.29 is 14.3 Å². The number of rotatable bonds is 4. The van der Waals surface area contributed by atoms with E-state index < -0.39 is 0 Å². The van der Waals surface area contributed by atoms with E-state index in [1.54, 1.807) is 13.8 Å². The molecule has 168 valence electrons. The predicted molar refractivity (Wildman–Crippen MR) is 127 cm³/mol. The summed E-state index contributed by atoms with van der Waals surface area (Å²) < 4.78 is 5.37. The van der Waals surface area contributed by atoms with Crippen molar-refractivity contribution >= 4 is 39.6 Å². The van der Waals surface area contributed by atoms with Crippen molar-refractivity contribution in [1.29, 1.82) is 0 Å². The molecule has 1 aromatic carbocycles. The molecule has 3 aromatic rings. The number of hydrogen-bond donors (Lipinski definition) is 2. The van der Waals surface area contributed by atoms with Gasteiger partial charge in [-0.25, -0.2) is 9.97 Å². The molecular formula is C22H25N5O3S2. The second kappa shape index (κ2) is 9.35. The van der Waals surface area contributed by atoms with Crippen LogP contribution in [0.2, 0.25) is 0 Å². The standard InChI is InChI=1S/C22H25N5O3S2/c1-12-5-6-16(13(2)11-12)21-23-14(3)17(31-21)19(28)25-26-20(29)18-15(4)24-22(32-18)27-7-9-30-10-8-27/h5-6,11H,7-10H2,1-4H3,(H,25,28)(H,26,29). The number of hydrogen-bond acceptors (Lipinski definition) is 8. The van der Waals surface area contributed by atoms with Crippen LogP contribution in [0.15, 0.2) is 18.2 Å². The van der Waals surface area contributed by atoms with Gasteiger partial charge in [0, 0.05) is 18.7 Å². The van der Waals surface area contributed by atoms with Crippen LogP contribution in [0.5, 0.6) is 0 Å². The highest BCUT2D eigenvalue weighted by Crippen LogP contribution is 2.31. The van der Waals surface area contributed by atoms with Gasteiger partial charge in [0.1, 0.15) is 14.8 Å². The summed E-state index contributed by atoms with van der Waals surface area (Å²) in [5.74, 6) is -0.774. The molecule has 2 N–H and O–H groups in total. The Morgan fingerprint density at radius 3 is 2.22 bits per heavy atom. The molecular weight excluding hydrogens is 446 g/mol. The first-order valence-corrected chi connectivity index (χ1v) is 11.9. The van der Waals surface area contributed by atoms with Crippen molar-refractivity contribution in [1.82, 2.24) is 20.8 Å². The fraction of sp³-hybridized carbons (Fsp3) is 0.364. The van der Waals surface area contributed by atoms with Gasteiger partial charge < -0.3 is 9.64 Å². The van der Waals surface area contributed by atoms with Crippen LogP contribution >= 0.6 is 22.7 Å². The highest BCUT2D eigenvalue weighted by atomic mass is 32.1. The van der Waals surface area contributed by atoms with Gasteiger partial charge in [-0.05, 0) is 33.3 Å². The van der Waals surface area contributed by atoms with Crippen LogP contribution in [0, 0.1) is 27.7 Å². The summed E-state index contributed by atoms with van der Waals surface area (Å²) in [6.07, 6.45) is 0. The summed E-state index contributed by atoms with van der Waals surface area (Å²) in [6.45, 7) is 10.4. The zero-order chi connectivity index (χ0) is 22.8. The summed E-state index contributed by atoms with van der Waals surface area (Å²) in [5, 5.41) is 1.57. The molecule has 1 aliphatic heterocycles. The molecule has 2 aromatic heterocycles. The van der Waals surface area contributed by atoms with E-state index in [2.05, 4.69) is 31.8 Å². The molecule has 0 atom stereocenters. The van der Waals surface area contributed by atoms with Crippen LogP contribution in [-0.4, -0.2) is 48.1 Å². The molecule has 1 saturated heterocycles. The monoisotopic (exact) mass is 471 g/mol. The number of morpholine rings is 1. The van der Waals surface area contributed by atoms with Crippen molar-refractivity contribution in [2.75, 3.05) is 31.2 Å². The summed E-state index contributed by atoms with van der Waals surface area (Å²) in [4.78, 5) is 37.5. The largest absolute Gasteiger partial charge is 0.378 e. The lowest BCUT2D eigenvalue weighted by atomic mass is 10.1. The van der Waals surface area contributed by atoms with Gasteiger partial charge in [-0.3, -0.25) is 20.4 Å². The quantitative estimate of drug-likeness (QED) is 0.566. The zero-order valence-corrected chi connectivity index (χ0v) is 20.1. The first-order chi connectivity index (χ1) is 15.3. The maximum atomic E-state index is 12.7. The number of aromatic nitrogens is 2. The summed E-state index contributed by atoms with van der Waals surface area (Å²) in [6, 6.07) is 6.14. The van der Waals surface area contributed by atoms with Gasteiger partial charge in [-0.1, -0.05) is 35.1 Å². The Morgan fingerprint density at radius 2 is 1.56 bits per heavy atom. The molecule has 10 heteroatoms. The Labute approximate surface area is 194 Å². The lowest BCUT2D eigenvalue weighted by Gasteiger charge is -2.25. The molecule has 0 aliphatic carbocycles. The normalized spacial score (nSPS) is 13.8. The van der Waals surface area contributed by atoms with Crippen LogP contribution in [-0.2, 0) is 4.74 Å². The number of anilines is 1. The van der Waals surface area contributed by atoms with Crippen LogP contribution in [0.1, 0.15) is 41.9 Å². The molecule has 3 heterocycles. The maximum Gasteiger partial charge on any atom is 0.281 e. The van der Waals surface area contributed by atoms with Crippen molar-refractivity contribution in [2.24, 2.45) is 0 Å². The van der Waals surface area contributed by atoms with E-state index in [4.69, 9.17) is 4.74 Å². The summed E-state index contributed by atoms with van der Waals surface area (Å²) >= 11 is 2.63. The molecule has 1 aliphatic rings. The number of benzene rings is 1. The lowest BCUT2D eigenvalue weighted by Crippen LogP contribution is -2.41. The molecule has 1 fully saturated rings. The van der Waals surface area contributed by atoms with Gasteiger partial charge in [0.15, 0.2) is 5.13 Å². The van der Waals surface area contributed by atoms with Crippen molar-refractivity contribution in [3.05, 3.63) is 50.5 Å². The molecule has 0 saturated carbocycles. The van der Waals surface area contributed by atoms with Gasteiger partial charge in [-0.15, -0.1) is 11.3 Å². The number of hydrazine groups is 1. The minimum atomic E-state index is -0.389. The number of nitrogens with one attached hydrogen (secondary N) is 2. The smallest absolute Gasteiger partial charge is 0.281 e. The topological polar surface area (TPSA) is 96.5 Å². The molecule has 0 unspecified atom stereocenters. The fourth-order valence-corrected chi connectivity index (χ4v) is 5.55. The van der Waals surface area contributed by atoms with Crippen LogP contribution < -0.4 is 15.8 Å². The first kappa shape index (κ1) is 22.4. The number of ether oxygens (including phenoxy) is 1. The molecule has 0 radical (unpaired) electrons. The van der Waals surface area contributed by atoms with E-state index in [1.165, 1.54) is 28.2 Å². The molecule has 2 amide bonds. The number of thiazole rings is 2. The van der Waals surface area contributed by atoms with E-state index >= 15 is 0 Å². The molecule has 32 heavy (non-hydrogen) atoms. The van der Waals surface area contributed by atoms with E-state index in [0.717, 1.165) is 34.4 Å². The van der Waals surface area contributed by atoms with Gasteiger partial charge in [-0.2, -0.15) is 0 Å². The third-order valence-electron chi connectivity index (χ3n) is 5.18. The van der Waals surface area contributed by atoms with Crippen molar-refractivity contribution in [3.8, 4) is 10.6 Å². The van der Waals surface area contributed by atoms with Crippen LogP contribution in [0.4, 0.5) is 5.13 Å². The Hall–Kier alpha value is -2.82. The Morgan fingerprint density at radius 1 is 0.938 bits per heavy atom. The third-order valence-corrected chi connectivity index (χ3v) is 7.58. The van der Waals surface area contributed by atoms with Crippen molar-refractivity contribution in [2.45, 2.75) is 27.7 Å². The highest BCUT2D eigenvalue weighted by Gasteiger charge is 2.22. The fourth-order valence-electron chi connectivity index (χ4n) is 3.49. The van der Waals surface area contributed by atoms with Gasteiger partial charge in [0.2, 0.25) is 0 Å². The van der Waals surface area contributed by atoms with Crippen molar-refractivity contribution in [3.63, 3.8) is 0 Å². The second-order valence-electron chi connectivity index (χ2n) is 7.67. The SMILES string of the molecule is Cc1ccc(-c2nc(C)c(C(=O)NNC(=O)c3sc(N4CCOCC4)nc3C)s2)c(C)c1. The first-order valence-electron chi connectivity index (χ1n) is 10.3. The summed E-state index contributed by atoms with van der Waals surface area (Å²) in [5.41, 5.74) is 9.58. The van der Waals surface area contributed by atoms with Crippen LogP contribution in [0.25, 0.3) is 10.6 Å². The van der Waals surface area contributed by atoms with E-state index in [0.29, 0.717) is 34.4 Å². The minimum absolute atomic E-state index is 0.385. The summed E-state index contributed by atoms with van der Waals surface area (Å²) in [7, 11) is 0. The van der Waals surface area contributed by atoms with Gasteiger partial charge in [0.25, 0.3) is 11.8 Å². The molecule has 0 bridgehead atoms. The van der Waals surface area contributed by atoms with Gasteiger partial charge >= 0.3 is 0 Å². The number of carbonyl (C=O) groups excluding carboxylic acids is 2. The molecule has 8 nitrogen and oxygen atoms in total. The van der Waals surface area contributed by atoms with E-state index in [1.807, 2.05) is 26.0 Å². The van der Waals surface area contributed by atoms with Gasteiger partial charge in [0.05, 0.1) is 24.6 Å². The lowest BCUT2D eigenvalue weighted by molar-refractivity contribution is 0.0850. The Bertz CT molecular complexity index is 1160. The molecule has 0 spiro atoms. The third kappa shape index (κ3) is 4.67. The highest BCUT2D eigenvalue weighted by molar-refractivity contribution is 7.17. The number of amides is 2. The zero-order valence-electron chi connectivity index (χ0n) is 18.4. The number of nitrogens with zero attached hydrogens (tertiary/aromatic N) is 3. The second-order valence-corrected chi connectivity index (χ2v) is 9.65. The average Bonchev–Trinajstić information content (AvgIpc) is 3.35.